The van der Waals surface area contributed by atoms with Gasteiger partial charge >= 0.3 is 0 Å². The van der Waals surface area contributed by atoms with Crippen molar-refractivity contribution < 1.29 is 17.6 Å². The van der Waals surface area contributed by atoms with E-state index in [1.807, 2.05) is 0 Å². The highest BCUT2D eigenvalue weighted by atomic mass is 32.2. The highest BCUT2D eigenvalue weighted by Crippen LogP contribution is 2.15. The van der Waals surface area contributed by atoms with Gasteiger partial charge in [-0.1, -0.05) is 0 Å². The number of halogens is 1. The SMILES string of the molecule is CC(C)(CNC(=O)c1ccc(N)cc1F)S(C)(=O)=O. The number of carbonyl (C=O) groups is 1. The predicted octanol–water partition coefficient (Wildman–Crippen LogP) is 0.961. The molecule has 0 fully saturated rings. The average Bonchev–Trinajstić information content (AvgIpc) is 2.24. The summed E-state index contributed by atoms with van der Waals surface area (Å²) in [5.41, 5.74) is 5.42. The molecule has 19 heavy (non-hydrogen) atoms. The molecule has 0 radical (unpaired) electrons. The number of hydrogen-bond donors (Lipinski definition) is 2. The maximum Gasteiger partial charge on any atom is 0.254 e. The summed E-state index contributed by atoms with van der Waals surface area (Å²) in [6, 6.07) is 3.70. The summed E-state index contributed by atoms with van der Waals surface area (Å²) < 4.78 is 35.3. The van der Waals surface area contributed by atoms with Crippen LogP contribution in [0.1, 0.15) is 24.2 Å². The van der Waals surface area contributed by atoms with Crippen LogP contribution in [-0.2, 0) is 9.84 Å². The molecule has 1 aromatic carbocycles. The summed E-state index contributed by atoms with van der Waals surface area (Å²) in [5.74, 6) is -1.41. The van der Waals surface area contributed by atoms with Crippen molar-refractivity contribution in [1.29, 1.82) is 0 Å². The van der Waals surface area contributed by atoms with Crippen LogP contribution >= 0.6 is 0 Å². The van der Waals surface area contributed by atoms with Gasteiger partial charge in [-0.2, -0.15) is 0 Å². The lowest BCUT2D eigenvalue weighted by atomic mass is 10.1. The van der Waals surface area contributed by atoms with Crippen LogP contribution in [0.4, 0.5) is 10.1 Å². The van der Waals surface area contributed by atoms with Crippen molar-refractivity contribution in [3.05, 3.63) is 29.6 Å². The van der Waals surface area contributed by atoms with E-state index in [2.05, 4.69) is 5.32 Å². The van der Waals surface area contributed by atoms with Crippen LogP contribution in [0.3, 0.4) is 0 Å². The Hall–Kier alpha value is -1.63. The van der Waals surface area contributed by atoms with Crippen LogP contribution in [0.2, 0.25) is 0 Å². The van der Waals surface area contributed by atoms with Gasteiger partial charge in [-0.3, -0.25) is 4.79 Å². The molecule has 0 atom stereocenters. The first-order chi connectivity index (χ1) is 8.54. The number of nitrogens with two attached hydrogens (primary N) is 1. The van der Waals surface area contributed by atoms with Gasteiger partial charge in [0.1, 0.15) is 5.82 Å². The predicted molar refractivity (Wildman–Crippen MR) is 72.1 cm³/mol. The van der Waals surface area contributed by atoms with E-state index in [-0.39, 0.29) is 17.8 Å². The minimum Gasteiger partial charge on any atom is -0.399 e. The van der Waals surface area contributed by atoms with Gasteiger partial charge in [0.2, 0.25) is 0 Å². The Morgan fingerprint density at radius 1 is 1.42 bits per heavy atom. The molecule has 0 aliphatic rings. The number of nitrogens with one attached hydrogen (secondary N) is 1. The summed E-state index contributed by atoms with van der Waals surface area (Å²) in [7, 11) is -3.33. The molecule has 7 heteroatoms. The van der Waals surface area contributed by atoms with Crippen molar-refractivity contribution in [2.45, 2.75) is 18.6 Å². The Morgan fingerprint density at radius 3 is 2.47 bits per heavy atom. The Morgan fingerprint density at radius 2 is 2.00 bits per heavy atom. The Balaban J connectivity index is 2.82. The van der Waals surface area contributed by atoms with Crippen molar-refractivity contribution >= 4 is 21.4 Å². The molecule has 0 aromatic heterocycles. The number of amides is 1. The maximum absolute atomic E-state index is 13.5. The second-order valence-corrected chi connectivity index (χ2v) is 7.60. The van der Waals surface area contributed by atoms with Crippen LogP contribution in [0.25, 0.3) is 0 Å². The normalized spacial score (nSPS) is 12.2. The lowest BCUT2D eigenvalue weighted by Gasteiger charge is -2.22. The third kappa shape index (κ3) is 3.66. The summed E-state index contributed by atoms with van der Waals surface area (Å²) in [4.78, 5) is 11.8. The number of hydrogen-bond acceptors (Lipinski definition) is 4. The number of benzene rings is 1. The lowest BCUT2D eigenvalue weighted by Crippen LogP contribution is -2.43. The summed E-state index contributed by atoms with van der Waals surface area (Å²) >= 11 is 0. The summed E-state index contributed by atoms with van der Waals surface area (Å²) in [5, 5.41) is 2.41. The zero-order valence-electron chi connectivity index (χ0n) is 11.0. The molecular weight excluding hydrogens is 271 g/mol. The largest absolute Gasteiger partial charge is 0.399 e. The van der Waals surface area contributed by atoms with Crippen molar-refractivity contribution in [3.8, 4) is 0 Å². The van der Waals surface area contributed by atoms with Crippen LogP contribution in [0, 0.1) is 5.82 Å². The second kappa shape index (κ2) is 5.16. The second-order valence-electron chi connectivity index (χ2n) is 4.95. The van der Waals surface area contributed by atoms with Gasteiger partial charge in [0, 0.05) is 18.5 Å². The maximum atomic E-state index is 13.5. The van der Waals surface area contributed by atoms with E-state index in [0.29, 0.717) is 0 Å². The van der Waals surface area contributed by atoms with E-state index in [9.17, 15) is 17.6 Å². The monoisotopic (exact) mass is 288 g/mol. The van der Waals surface area contributed by atoms with Crippen LogP contribution in [-0.4, -0.2) is 31.9 Å². The van der Waals surface area contributed by atoms with Gasteiger partial charge < -0.3 is 11.1 Å². The molecule has 1 amide bonds. The minimum atomic E-state index is -3.33. The van der Waals surface area contributed by atoms with Crippen molar-refractivity contribution in [3.63, 3.8) is 0 Å². The van der Waals surface area contributed by atoms with Crippen molar-refractivity contribution in [1.82, 2.24) is 5.32 Å². The number of rotatable bonds is 4. The minimum absolute atomic E-state index is 0.103. The molecule has 1 aromatic rings. The molecule has 0 saturated carbocycles. The van der Waals surface area contributed by atoms with E-state index < -0.39 is 26.3 Å². The standard InChI is InChI=1S/C12H17FN2O3S/c1-12(2,19(3,17)18)7-15-11(16)9-5-4-8(14)6-10(9)13/h4-6H,7,14H2,1-3H3,(H,15,16). The van der Waals surface area contributed by atoms with E-state index in [0.717, 1.165) is 12.3 Å². The van der Waals surface area contributed by atoms with Gasteiger partial charge in [-0.25, -0.2) is 12.8 Å². The fourth-order valence-corrected chi connectivity index (χ4v) is 1.57. The van der Waals surface area contributed by atoms with Crippen LogP contribution < -0.4 is 11.1 Å². The molecule has 0 unspecified atom stereocenters. The number of nitrogen functional groups attached to an aromatic ring is 1. The fourth-order valence-electron chi connectivity index (χ4n) is 1.23. The molecular formula is C12H17FN2O3S. The molecule has 0 heterocycles. The van der Waals surface area contributed by atoms with Gasteiger partial charge in [0.15, 0.2) is 9.84 Å². The van der Waals surface area contributed by atoms with Crippen LogP contribution in [0.5, 0.6) is 0 Å². The summed E-state index contributed by atoms with van der Waals surface area (Å²) in [6.45, 7) is 2.87. The zero-order chi connectivity index (χ0) is 14.8. The first kappa shape index (κ1) is 15.4. The van der Waals surface area contributed by atoms with Crippen molar-refractivity contribution in [2.24, 2.45) is 0 Å². The number of sulfone groups is 1. The quantitative estimate of drug-likeness (QED) is 0.808. The number of carbonyl (C=O) groups excluding carboxylic acids is 1. The Bertz CT molecular complexity index is 597. The smallest absolute Gasteiger partial charge is 0.254 e. The highest BCUT2D eigenvalue weighted by molar-refractivity contribution is 7.92. The lowest BCUT2D eigenvalue weighted by molar-refractivity contribution is 0.0946. The molecule has 0 aliphatic carbocycles. The Labute approximate surface area is 111 Å². The highest BCUT2D eigenvalue weighted by Gasteiger charge is 2.30. The van der Waals surface area contributed by atoms with E-state index in [4.69, 9.17) is 5.73 Å². The Kier molecular flexibility index (Phi) is 4.19. The third-order valence-electron chi connectivity index (χ3n) is 2.92. The molecule has 0 bridgehead atoms. The van der Waals surface area contributed by atoms with Gasteiger partial charge in [0.25, 0.3) is 5.91 Å². The molecule has 106 valence electrons. The average molecular weight is 288 g/mol. The van der Waals surface area contributed by atoms with Gasteiger partial charge in [-0.05, 0) is 32.0 Å². The molecule has 0 spiro atoms. The molecule has 3 N–H and O–H groups in total. The van der Waals surface area contributed by atoms with Crippen molar-refractivity contribution in [2.75, 3.05) is 18.5 Å². The van der Waals surface area contributed by atoms with Gasteiger partial charge in [0.05, 0.1) is 10.3 Å². The molecule has 1 rings (SSSR count). The van der Waals surface area contributed by atoms with E-state index in [1.54, 1.807) is 0 Å². The fraction of sp³-hybridized carbons (Fsp3) is 0.417. The molecule has 0 aliphatic heterocycles. The number of anilines is 1. The topological polar surface area (TPSA) is 89.3 Å². The first-order valence-corrected chi connectivity index (χ1v) is 7.46. The zero-order valence-corrected chi connectivity index (χ0v) is 11.8. The third-order valence-corrected chi connectivity index (χ3v) is 5.07. The first-order valence-electron chi connectivity index (χ1n) is 5.57. The van der Waals surface area contributed by atoms with E-state index in [1.165, 1.54) is 26.0 Å². The molecule has 0 saturated heterocycles. The van der Waals surface area contributed by atoms with E-state index >= 15 is 0 Å². The molecule has 5 nitrogen and oxygen atoms in total. The van der Waals surface area contributed by atoms with Crippen LogP contribution in [0.15, 0.2) is 18.2 Å². The summed E-state index contributed by atoms with van der Waals surface area (Å²) in [6.07, 6.45) is 1.09. The van der Waals surface area contributed by atoms with Gasteiger partial charge in [-0.15, -0.1) is 0 Å².